The van der Waals surface area contributed by atoms with Gasteiger partial charge >= 0.3 is 6.09 Å². The Morgan fingerprint density at radius 1 is 1.22 bits per heavy atom. The number of aryl methyl sites for hydroxylation is 1. The van der Waals surface area contributed by atoms with E-state index in [1.54, 1.807) is 11.1 Å². The van der Waals surface area contributed by atoms with Crippen molar-refractivity contribution in [3.05, 3.63) is 65.5 Å². The summed E-state index contributed by atoms with van der Waals surface area (Å²) in [6.07, 6.45) is 2.13. The van der Waals surface area contributed by atoms with E-state index in [1.807, 2.05) is 49.4 Å². The molecule has 1 N–H and O–H groups in total. The number of aliphatic hydroxyl groups is 1. The lowest BCUT2D eigenvalue weighted by Gasteiger charge is -2.50. The predicted octanol–water partition coefficient (Wildman–Crippen LogP) is 2.78. The molecule has 0 radical (unpaired) electrons. The van der Waals surface area contributed by atoms with Crippen LogP contribution in [0.15, 0.2) is 48.7 Å². The Morgan fingerprint density at radius 3 is 2.59 bits per heavy atom. The van der Waals surface area contributed by atoms with Crippen LogP contribution in [0.25, 0.3) is 0 Å². The summed E-state index contributed by atoms with van der Waals surface area (Å²) < 4.78 is 11.2. The molecule has 27 heavy (non-hydrogen) atoms. The molecule has 2 saturated heterocycles. The van der Waals surface area contributed by atoms with Gasteiger partial charge in [-0.2, -0.15) is 0 Å². The van der Waals surface area contributed by atoms with Gasteiger partial charge in [-0.05, 0) is 24.1 Å². The topological polar surface area (TPSA) is 71.9 Å². The van der Waals surface area contributed by atoms with Crippen LogP contribution in [0.1, 0.15) is 29.7 Å². The maximum absolute atomic E-state index is 12.8. The van der Waals surface area contributed by atoms with Crippen molar-refractivity contribution in [1.82, 2.24) is 9.88 Å². The van der Waals surface area contributed by atoms with Gasteiger partial charge < -0.3 is 14.6 Å². The molecule has 4 rings (SSSR count). The van der Waals surface area contributed by atoms with E-state index in [-0.39, 0.29) is 24.8 Å². The molecule has 2 fully saturated rings. The normalized spacial score (nSPS) is 27.3. The fourth-order valence-electron chi connectivity index (χ4n) is 4.23. The van der Waals surface area contributed by atoms with E-state index < -0.39 is 5.60 Å². The summed E-state index contributed by atoms with van der Waals surface area (Å²) in [5.41, 5.74) is 1.55. The quantitative estimate of drug-likeness (QED) is 0.902. The molecule has 1 amide bonds. The monoisotopic (exact) mass is 368 g/mol. The van der Waals surface area contributed by atoms with Crippen LogP contribution >= 0.6 is 0 Å². The molecule has 0 aliphatic carbocycles. The highest BCUT2D eigenvalue weighted by Crippen LogP contribution is 2.41. The second kappa shape index (κ2) is 7.29. The van der Waals surface area contributed by atoms with E-state index in [1.165, 1.54) is 0 Å². The average Bonchev–Trinajstić information content (AvgIpc) is 2.66. The Kier molecular flexibility index (Phi) is 4.85. The van der Waals surface area contributed by atoms with Crippen molar-refractivity contribution in [2.75, 3.05) is 13.2 Å². The Hall–Kier alpha value is -2.44. The number of ether oxygens (including phenoxy) is 2. The number of amides is 1. The average molecular weight is 368 g/mol. The Morgan fingerprint density at radius 2 is 1.93 bits per heavy atom. The molecular weight excluding hydrogens is 344 g/mol. The van der Waals surface area contributed by atoms with Crippen molar-refractivity contribution in [3.63, 3.8) is 0 Å². The number of carbonyl (C=O) groups is 1. The third kappa shape index (κ3) is 3.55. The number of pyridine rings is 1. The van der Waals surface area contributed by atoms with E-state index in [0.29, 0.717) is 31.7 Å². The number of hydrogen-bond donors (Lipinski definition) is 1. The zero-order valence-electron chi connectivity index (χ0n) is 15.4. The summed E-state index contributed by atoms with van der Waals surface area (Å²) in [6.45, 7) is 2.98. The first kappa shape index (κ1) is 17.9. The smallest absolute Gasteiger partial charge is 0.410 e. The number of fused-ring (bicyclic) bond motifs is 2. The van der Waals surface area contributed by atoms with Crippen LogP contribution in [0.4, 0.5) is 4.79 Å². The number of aromatic nitrogens is 1. The lowest BCUT2D eigenvalue weighted by molar-refractivity contribution is -0.138. The van der Waals surface area contributed by atoms with Gasteiger partial charge in [0.1, 0.15) is 12.2 Å². The zero-order chi connectivity index (χ0) is 18.9. The number of nitrogens with zero attached hydrogens (tertiary/aromatic N) is 2. The number of carbonyl (C=O) groups excluding carboxylic acids is 1. The number of rotatable bonds is 3. The second-order valence-electron chi connectivity index (χ2n) is 7.40. The summed E-state index contributed by atoms with van der Waals surface area (Å²) in [7, 11) is 0. The van der Waals surface area contributed by atoms with Crippen LogP contribution in [-0.4, -0.2) is 46.4 Å². The van der Waals surface area contributed by atoms with E-state index in [2.05, 4.69) is 4.98 Å². The molecule has 3 heterocycles. The summed E-state index contributed by atoms with van der Waals surface area (Å²) >= 11 is 0. The minimum absolute atomic E-state index is 0.229. The molecule has 2 bridgehead atoms. The maximum atomic E-state index is 12.8. The molecule has 2 aliphatic heterocycles. The highest BCUT2D eigenvalue weighted by Gasteiger charge is 2.50. The van der Waals surface area contributed by atoms with Gasteiger partial charge in [-0.25, -0.2) is 4.79 Å². The third-order valence-electron chi connectivity index (χ3n) is 5.42. The molecule has 142 valence electrons. The van der Waals surface area contributed by atoms with Crippen molar-refractivity contribution in [2.45, 2.75) is 44.1 Å². The molecule has 0 spiro atoms. The van der Waals surface area contributed by atoms with Gasteiger partial charge in [0.15, 0.2) is 0 Å². The Bertz CT molecular complexity index is 797. The fourth-order valence-corrected chi connectivity index (χ4v) is 4.23. The first-order valence-corrected chi connectivity index (χ1v) is 9.28. The molecule has 0 saturated carbocycles. The molecule has 2 aliphatic rings. The van der Waals surface area contributed by atoms with Gasteiger partial charge in [-0.3, -0.25) is 9.88 Å². The first-order chi connectivity index (χ1) is 13.1. The van der Waals surface area contributed by atoms with E-state index in [4.69, 9.17) is 9.47 Å². The van der Waals surface area contributed by atoms with Crippen molar-refractivity contribution >= 4 is 6.09 Å². The highest BCUT2D eigenvalue weighted by molar-refractivity contribution is 5.69. The van der Waals surface area contributed by atoms with Gasteiger partial charge in [-0.15, -0.1) is 0 Å². The molecule has 6 nitrogen and oxygen atoms in total. The lowest BCUT2D eigenvalue weighted by atomic mass is 9.78. The van der Waals surface area contributed by atoms with E-state index >= 15 is 0 Å². The molecule has 1 aromatic carbocycles. The zero-order valence-corrected chi connectivity index (χ0v) is 15.4. The summed E-state index contributed by atoms with van der Waals surface area (Å²) in [6, 6.07) is 13.0. The van der Waals surface area contributed by atoms with Crippen molar-refractivity contribution in [3.8, 4) is 0 Å². The SMILES string of the molecule is Cc1cccnc1C1(O)CC2COCC(C1)N2C(=O)OCc1ccccc1. The fraction of sp³-hybridized carbons (Fsp3) is 0.429. The van der Waals surface area contributed by atoms with E-state index in [9.17, 15) is 9.90 Å². The minimum Gasteiger partial charge on any atom is -0.445 e. The number of hydrogen-bond acceptors (Lipinski definition) is 5. The van der Waals surface area contributed by atoms with Gasteiger partial charge in [0.2, 0.25) is 0 Å². The van der Waals surface area contributed by atoms with Crippen molar-refractivity contribution in [1.29, 1.82) is 0 Å². The van der Waals surface area contributed by atoms with Gasteiger partial charge in [0.05, 0.1) is 31.0 Å². The summed E-state index contributed by atoms with van der Waals surface area (Å²) in [5.74, 6) is 0. The maximum Gasteiger partial charge on any atom is 0.410 e. The van der Waals surface area contributed by atoms with Crippen molar-refractivity contribution in [2.24, 2.45) is 0 Å². The van der Waals surface area contributed by atoms with Crippen LogP contribution in [0, 0.1) is 6.92 Å². The molecule has 2 unspecified atom stereocenters. The standard InChI is InChI=1S/C21H24N2O4/c1-15-6-5-9-22-19(15)21(25)10-17-13-26-14-18(11-21)23(17)20(24)27-12-16-7-3-2-4-8-16/h2-9,17-18,25H,10-14H2,1H3. The van der Waals surface area contributed by atoms with Crippen LogP contribution in [0.3, 0.4) is 0 Å². The van der Waals surface area contributed by atoms with Gasteiger partial charge in [-0.1, -0.05) is 36.4 Å². The molecule has 2 atom stereocenters. The largest absolute Gasteiger partial charge is 0.445 e. The molecular formula is C21H24N2O4. The van der Waals surface area contributed by atoms with Crippen LogP contribution in [-0.2, 0) is 21.7 Å². The number of piperidine rings is 1. The number of morpholine rings is 1. The second-order valence-corrected chi connectivity index (χ2v) is 7.40. The first-order valence-electron chi connectivity index (χ1n) is 9.28. The molecule has 6 heteroatoms. The van der Waals surface area contributed by atoms with Crippen LogP contribution in [0.5, 0.6) is 0 Å². The van der Waals surface area contributed by atoms with Gasteiger partial charge in [0, 0.05) is 19.0 Å². The van der Waals surface area contributed by atoms with Crippen LogP contribution < -0.4 is 0 Å². The third-order valence-corrected chi connectivity index (χ3v) is 5.42. The summed E-state index contributed by atoms with van der Waals surface area (Å²) in [4.78, 5) is 18.9. The lowest BCUT2D eigenvalue weighted by Crippen LogP contribution is -2.62. The molecule has 1 aromatic heterocycles. The highest BCUT2D eigenvalue weighted by atomic mass is 16.6. The van der Waals surface area contributed by atoms with Crippen LogP contribution in [0.2, 0.25) is 0 Å². The molecule has 2 aromatic rings. The van der Waals surface area contributed by atoms with Crippen molar-refractivity contribution < 1.29 is 19.4 Å². The predicted molar refractivity (Wildman–Crippen MR) is 99.0 cm³/mol. The number of benzene rings is 1. The minimum atomic E-state index is -1.05. The van der Waals surface area contributed by atoms with Gasteiger partial charge in [0.25, 0.3) is 0 Å². The Labute approximate surface area is 158 Å². The van der Waals surface area contributed by atoms with E-state index in [0.717, 1.165) is 11.1 Å². The Balaban J connectivity index is 1.50. The summed E-state index contributed by atoms with van der Waals surface area (Å²) in [5, 5.41) is 11.3.